The Morgan fingerprint density at radius 1 is 1.05 bits per heavy atom. The molecule has 0 radical (unpaired) electrons. The smallest absolute Gasteiger partial charge is 0.260 e. The lowest BCUT2D eigenvalue weighted by Gasteiger charge is -2.34. The number of sulfonamides is 1. The molecule has 10 heteroatoms. The Labute approximate surface area is 232 Å². The Morgan fingerprint density at radius 3 is 2.32 bits per heavy atom. The van der Waals surface area contributed by atoms with Crippen molar-refractivity contribution in [2.45, 2.75) is 39.0 Å². The lowest BCUT2D eigenvalue weighted by Crippen LogP contribution is -2.42. The van der Waals surface area contributed by atoms with Gasteiger partial charge in [-0.1, -0.05) is 55.0 Å². The SMILES string of the molecule is CCN(CC)CCN(C(=O)c1ccc(S(=O)(=O)N2CC(C)CC(C)C2)cc1)c1nc2ccc(Br)cc2s1. The van der Waals surface area contributed by atoms with Crippen molar-refractivity contribution >= 4 is 58.5 Å². The van der Waals surface area contributed by atoms with Crippen molar-refractivity contribution in [3.8, 4) is 0 Å². The standard InChI is InChI=1S/C27H35BrN4O3S2/c1-5-30(6-2)13-14-32(27-29-24-12-9-22(28)16-25(24)36-27)26(33)21-7-10-23(11-8-21)37(34,35)31-17-19(3)15-20(4)18-31/h7-12,16,19-20H,5-6,13-15,17-18H2,1-4H3. The summed E-state index contributed by atoms with van der Waals surface area (Å²) in [5.41, 5.74) is 1.29. The second-order valence-electron chi connectivity index (χ2n) is 9.88. The van der Waals surface area contributed by atoms with Crippen LogP contribution in [0.15, 0.2) is 51.8 Å². The molecule has 7 nitrogen and oxygen atoms in total. The van der Waals surface area contributed by atoms with Crippen LogP contribution in [0.2, 0.25) is 0 Å². The molecular formula is C27H35BrN4O3S2. The maximum Gasteiger partial charge on any atom is 0.260 e. The highest BCUT2D eigenvalue weighted by Gasteiger charge is 2.32. The Morgan fingerprint density at radius 2 is 1.70 bits per heavy atom. The molecular weight excluding hydrogens is 572 g/mol. The highest BCUT2D eigenvalue weighted by molar-refractivity contribution is 9.10. The van der Waals surface area contributed by atoms with Gasteiger partial charge in [0.2, 0.25) is 10.0 Å². The molecule has 3 aromatic rings. The summed E-state index contributed by atoms with van der Waals surface area (Å²) in [4.78, 5) is 22.7. The summed E-state index contributed by atoms with van der Waals surface area (Å²) in [6.45, 7) is 12.4. The van der Waals surface area contributed by atoms with Crippen LogP contribution in [-0.2, 0) is 10.0 Å². The number of thiazole rings is 1. The number of aromatic nitrogens is 1. The minimum atomic E-state index is -3.61. The van der Waals surface area contributed by atoms with Crippen molar-refractivity contribution in [2.24, 2.45) is 11.8 Å². The van der Waals surface area contributed by atoms with E-state index in [1.807, 2.05) is 18.2 Å². The van der Waals surface area contributed by atoms with Crippen LogP contribution >= 0.6 is 27.3 Å². The van der Waals surface area contributed by atoms with E-state index < -0.39 is 10.0 Å². The first-order chi connectivity index (χ1) is 17.6. The van der Waals surface area contributed by atoms with Crippen LogP contribution in [0.5, 0.6) is 0 Å². The van der Waals surface area contributed by atoms with E-state index in [0.29, 0.717) is 42.2 Å². The third-order valence-electron chi connectivity index (χ3n) is 6.92. The summed E-state index contributed by atoms with van der Waals surface area (Å²) in [5, 5.41) is 0.637. The van der Waals surface area contributed by atoms with E-state index in [4.69, 9.17) is 4.98 Å². The maximum atomic E-state index is 13.7. The molecule has 1 fully saturated rings. The number of carbonyl (C=O) groups is 1. The number of nitrogens with zero attached hydrogens (tertiary/aromatic N) is 4. The third kappa shape index (κ3) is 6.42. The average molecular weight is 608 g/mol. The van der Waals surface area contributed by atoms with Gasteiger partial charge in [-0.15, -0.1) is 0 Å². The summed E-state index contributed by atoms with van der Waals surface area (Å²) >= 11 is 4.99. The number of piperidine rings is 1. The predicted molar refractivity (Wildman–Crippen MR) is 155 cm³/mol. The number of fused-ring (bicyclic) bond motifs is 1. The second kappa shape index (κ2) is 11.9. The number of benzene rings is 2. The van der Waals surface area contributed by atoms with E-state index in [-0.39, 0.29) is 10.8 Å². The van der Waals surface area contributed by atoms with Gasteiger partial charge in [-0.25, -0.2) is 13.4 Å². The van der Waals surface area contributed by atoms with Gasteiger partial charge >= 0.3 is 0 Å². The molecule has 0 spiro atoms. The maximum absolute atomic E-state index is 13.7. The fourth-order valence-electron chi connectivity index (χ4n) is 4.94. The number of likely N-dealkylation sites (N-methyl/N-ethyl adjacent to an activating group) is 1. The summed E-state index contributed by atoms with van der Waals surface area (Å²) in [6.07, 6.45) is 1.03. The van der Waals surface area contributed by atoms with Gasteiger partial charge in [0, 0.05) is 36.2 Å². The molecule has 0 aliphatic carbocycles. The molecule has 2 atom stereocenters. The van der Waals surface area contributed by atoms with Crippen molar-refractivity contribution in [2.75, 3.05) is 44.2 Å². The summed E-state index contributed by atoms with van der Waals surface area (Å²) in [7, 11) is -3.61. The molecule has 0 N–H and O–H groups in total. The summed E-state index contributed by atoms with van der Waals surface area (Å²) < 4.78 is 30.1. The van der Waals surface area contributed by atoms with Gasteiger partial charge in [-0.2, -0.15) is 4.31 Å². The van der Waals surface area contributed by atoms with Gasteiger partial charge in [0.25, 0.3) is 5.91 Å². The first-order valence-electron chi connectivity index (χ1n) is 12.8. The number of hydrogen-bond donors (Lipinski definition) is 0. The number of carbonyl (C=O) groups excluding carboxylic acids is 1. The largest absolute Gasteiger partial charge is 0.302 e. The van der Waals surface area contributed by atoms with Crippen molar-refractivity contribution < 1.29 is 13.2 Å². The minimum absolute atomic E-state index is 0.186. The average Bonchev–Trinajstić information content (AvgIpc) is 3.28. The molecule has 2 heterocycles. The zero-order valence-electron chi connectivity index (χ0n) is 21.9. The van der Waals surface area contributed by atoms with Gasteiger partial charge in [-0.3, -0.25) is 9.69 Å². The highest BCUT2D eigenvalue weighted by Crippen LogP contribution is 2.32. The van der Waals surface area contributed by atoms with Crippen molar-refractivity contribution in [1.29, 1.82) is 0 Å². The molecule has 1 aliphatic heterocycles. The molecule has 2 unspecified atom stereocenters. The molecule has 0 saturated carbocycles. The molecule has 4 rings (SSSR count). The fourth-order valence-corrected chi connectivity index (χ4v) is 8.16. The Bertz CT molecular complexity index is 1330. The summed E-state index contributed by atoms with van der Waals surface area (Å²) in [6, 6.07) is 12.3. The second-order valence-corrected chi connectivity index (χ2v) is 13.7. The van der Waals surface area contributed by atoms with E-state index >= 15 is 0 Å². The zero-order chi connectivity index (χ0) is 26.7. The molecule has 37 heavy (non-hydrogen) atoms. The van der Waals surface area contributed by atoms with E-state index in [2.05, 4.69) is 48.5 Å². The molecule has 200 valence electrons. The van der Waals surface area contributed by atoms with Crippen LogP contribution in [0.3, 0.4) is 0 Å². The number of hydrogen-bond acceptors (Lipinski definition) is 6. The van der Waals surface area contributed by atoms with Gasteiger partial charge in [0.15, 0.2) is 5.13 Å². The molecule has 1 amide bonds. The van der Waals surface area contributed by atoms with Gasteiger partial charge in [0.05, 0.1) is 15.1 Å². The lowest BCUT2D eigenvalue weighted by molar-refractivity contribution is 0.0983. The third-order valence-corrected chi connectivity index (χ3v) is 10.3. The van der Waals surface area contributed by atoms with Crippen LogP contribution in [0.25, 0.3) is 10.2 Å². The van der Waals surface area contributed by atoms with Crippen molar-refractivity contribution in [3.05, 3.63) is 52.5 Å². The van der Waals surface area contributed by atoms with Crippen molar-refractivity contribution in [1.82, 2.24) is 14.2 Å². The van der Waals surface area contributed by atoms with Crippen LogP contribution in [0, 0.1) is 11.8 Å². The Kier molecular flexibility index (Phi) is 9.06. The highest BCUT2D eigenvalue weighted by atomic mass is 79.9. The van der Waals surface area contributed by atoms with Gasteiger partial charge < -0.3 is 4.90 Å². The fraction of sp³-hybridized carbons (Fsp3) is 0.481. The van der Waals surface area contributed by atoms with E-state index in [1.165, 1.54) is 11.3 Å². The van der Waals surface area contributed by atoms with Gasteiger partial charge in [-0.05, 0) is 73.8 Å². The quantitative estimate of drug-likeness (QED) is 0.312. The number of anilines is 1. The monoisotopic (exact) mass is 606 g/mol. The number of rotatable bonds is 9. The minimum Gasteiger partial charge on any atom is -0.302 e. The topological polar surface area (TPSA) is 73.8 Å². The first-order valence-corrected chi connectivity index (χ1v) is 15.9. The molecule has 2 aromatic carbocycles. The predicted octanol–water partition coefficient (Wildman–Crippen LogP) is 5.71. The van der Waals surface area contributed by atoms with Crippen LogP contribution in [-0.4, -0.2) is 67.8 Å². The lowest BCUT2D eigenvalue weighted by atomic mass is 9.94. The van der Waals surface area contributed by atoms with Gasteiger partial charge in [0.1, 0.15) is 0 Å². The van der Waals surface area contributed by atoms with Crippen LogP contribution < -0.4 is 4.90 Å². The van der Waals surface area contributed by atoms with E-state index in [9.17, 15) is 13.2 Å². The normalized spacial score (nSPS) is 19.0. The van der Waals surface area contributed by atoms with Crippen LogP contribution in [0.1, 0.15) is 44.5 Å². The zero-order valence-corrected chi connectivity index (χ0v) is 25.1. The molecule has 1 aliphatic rings. The number of halogens is 1. The molecule has 0 bridgehead atoms. The molecule has 1 aromatic heterocycles. The van der Waals surface area contributed by atoms with E-state index in [1.54, 1.807) is 33.5 Å². The summed E-state index contributed by atoms with van der Waals surface area (Å²) in [5.74, 6) is 0.468. The Balaban J connectivity index is 1.61. The Hall–Kier alpha value is -1.85. The van der Waals surface area contributed by atoms with Crippen LogP contribution in [0.4, 0.5) is 5.13 Å². The molecule has 1 saturated heterocycles. The number of amides is 1. The van der Waals surface area contributed by atoms with Crippen molar-refractivity contribution in [3.63, 3.8) is 0 Å². The first kappa shape index (κ1) is 28.2. The van der Waals surface area contributed by atoms with E-state index in [0.717, 1.165) is 40.7 Å².